The second-order valence-corrected chi connectivity index (χ2v) is 3.09. The molecule has 0 atom stereocenters. The summed E-state index contributed by atoms with van der Waals surface area (Å²) in [7, 11) is 1.76. The van der Waals surface area contributed by atoms with Gasteiger partial charge in [0, 0.05) is 32.6 Å². The number of imidazole rings is 1. The van der Waals surface area contributed by atoms with E-state index in [4.69, 9.17) is 4.74 Å². The van der Waals surface area contributed by atoms with Gasteiger partial charge in [0.2, 0.25) is 0 Å². The predicted molar refractivity (Wildman–Crippen MR) is 44.7 cm³/mol. The summed E-state index contributed by atoms with van der Waals surface area (Å²) in [6.45, 7) is 2.96. The summed E-state index contributed by atoms with van der Waals surface area (Å²) in [5, 5.41) is 0. The molecular weight excluding hydrogens is 154 g/mol. The average Bonchev–Trinajstić information content (AvgIpc) is 2.47. The Balaban J connectivity index is 1.77. The summed E-state index contributed by atoms with van der Waals surface area (Å²) in [6.07, 6.45) is 4.06. The molecule has 2 heterocycles. The summed E-state index contributed by atoms with van der Waals surface area (Å²) >= 11 is 0. The Bertz CT molecular complexity index is 228. The minimum atomic E-state index is 0.431. The predicted octanol–water partition coefficient (Wildman–Crippen LogP) is 0.240. The first-order chi connectivity index (χ1) is 5.88. The van der Waals surface area contributed by atoms with E-state index in [1.807, 2.05) is 6.20 Å². The van der Waals surface area contributed by atoms with E-state index in [0.29, 0.717) is 6.10 Å². The number of likely N-dealkylation sites (tertiary alicyclic amines) is 1. The van der Waals surface area contributed by atoms with E-state index in [-0.39, 0.29) is 0 Å². The molecule has 4 nitrogen and oxygen atoms in total. The monoisotopic (exact) mass is 167 g/mol. The Morgan fingerprint density at radius 3 is 3.17 bits per heavy atom. The smallest absolute Gasteiger partial charge is 0.120 e. The molecule has 1 aliphatic rings. The number of hydrogen-bond acceptors (Lipinski definition) is 3. The van der Waals surface area contributed by atoms with Crippen molar-refractivity contribution < 1.29 is 4.74 Å². The molecule has 1 N–H and O–H groups in total. The van der Waals surface area contributed by atoms with E-state index in [2.05, 4.69) is 14.9 Å². The maximum absolute atomic E-state index is 5.16. The first-order valence-corrected chi connectivity index (χ1v) is 4.12. The first kappa shape index (κ1) is 7.76. The average molecular weight is 167 g/mol. The van der Waals surface area contributed by atoms with Crippen molar-refractivity contribution >= 4 is 0 Å². The van der Waals surface area contributed by atoms with Crippen LogP contribution in [0, 0.1) is 0 Å². The molecule has 66 valence electrons. The highest BCUT2D eigenvalue weighted by Gasteiger charge is 2.26. The van der Waals surface area contributed by atoms with Crippen molar-refractivity contribution in [1.29, 1.82) is 0 Å². The van der Waals surface area contributed by atoms with Gasteiger partial charge in [-0.05, 0) is 0 Å². The third-order valence-electron chi connectivity index (χ3n) is 2.19. The summed E-state index contributed by atoms with van der Waals surface area (Å²) in [5.74, 6) is 1.03. The van der Waals surface area contributed by atoms with Crippen molar-refractivity contribution in [1.82, 2.24) is 14.9 Å². The lowest BCUT2D eigenvalue weighted by Crippen LogP contribution is -2.51. The van der Waals surface area contributed by atoms with Gasteiger partial charge in [-0.1, -0.05) is 0 Å². The van der Waals surface area contributed by atoms with E-state index < -0.39 is 0 Å². The fraction of sp³-hybridized carbons (Fsp3) is 0.625. The zero-order chi connectivity index (χ0) is 8.39. The molecule has 1 aliphatic heterocycles. The molecule has 0 unspecified atom stereocenters. The molecule has 0 aliphatic carbocycles. The lowest BCUT2D eigenvalue weighted by Gasteiger charge is -2.37. The topological polar surface area (TPSA) is 41.1 Å². The number of rotatable bonds is 3. The first-order valence-electron chi connectivity index (χ1n) is 4.12. The Labute approximate surface area is 71.6 Å². The number of hydrogen-bond donors (Lipinski definition) is 1. The fourth-order valence-electron chi connectivity index (χ4n) is 1.40. The Kier molecular flexibility index (Phi) is 2.10. The Hall–Kier alpha value is -0.870. The minimum Gasteiger partial charge on any atom is -0.379 e. The van der Waals surface area contributed by atoms with E-state index in [0.717, 1.165) is 25.5 Å². The summed E-state index contributed by atoms with van der Waals surface area (Å²) in [6, 6.07) is 0. The quantitative estimate of drug-likeness (QED) is 0.701. The van der Waals surface area contributed by atoms with Crippen LogP contribution in [0.3, 0.4) is 0 Å². The molecule has 0 bridgehead atoms. The lowest BCUT2D eigenvalue weighted by atomic mass is 10.2. The van der Waals surface area contributed by atoms with Crippen LogP contribution in [0.4, 0.5) is 0 Å². The van der Waals surface area contributed by atoms with E-state index >= 15 is 0 Å². The van der Waals surface area contributed by atoms with Crippen LogP contribution in [0.1, 0.15) is 5.82 Å². The van der Waals surface area contributed by atoms with Crippen LogP contribution in [0.15, 0.2) is 12.4 Å². The van der Waals surface area contributed by atoms with Crippen LogP contribution in [-0.4, -0.2) is 41.2 Å². The molecule has 0 aromatic carbocycles. The maximum atomic E-state index is 5.16. The molecule has 1 fully saturated rings. The maximum Gasteiger partial charge on any atom is 0.120 e. The molecule has 1 saturated heterocycles. The van der Waals surface area contributed by atoms with Crippen LogP contribution >= 0.6 is 0 Å². The van der Waals surface area contributed by atoms with Gasteiger partial charge < -0.3 is 9.72 Å². The minimum absolute atomic E-state index is 0.431. The zero-order valence-corrected chi connectivity index (χ0v) is 7.16. The van der Waals surface area contributed by atoms with Crippen molar-refractivity contribution in [2.45, 2.75) is 12.6 Å². The van der Waals surface area contributed by atoms with Crippen molar-refractivity contribution in [3.63, 3.8) is 0 Å². The number of nitrogens with zero attached hydrogens (tertiary/aromatic N) is 2. The Morgan fingerprint density at radius 1 is 1.75 bits per heavy atom. The third kappa shape index (κ3) is 1.49. The molecule has 1 aromatic heterocycles. The standard InChI is InChI=1S/C8H13N3O/c1-12-7-4-11(5-7)6-8-9-2-3-10-8/h2-3,7H,4-6H2,1H3,(H,9,10). The van der Waals surface area contributed by atoms with Crippen molar-refractivity contribution in [2.75, 3.05) is 20.2 Å². The van der Waals surface area contributed by atoms with Gasteiger partial charge in [-0.3, -0.25) is 4.90 Å². The Morgan fingerprint density at radius 2 is 2.58 bits per heavy atom. The van der Waals surface area contributed by atoms with Crippen molar-refractivity contribution in [2.24, 2.45) is 0 Å². The van der Waals surface area contributed by atoms with Crippen molar-refractivity contribution in [3.8, 4) is 0 Å². The summed E-state index contributed by atoms with van der Waals surface area (Å²) in [5.41, 5.74) is 0. The number of ether oxygens (including phenoxy) is 1. The van der Waals surface area contributed by atoms with Gasteiger partial charge in [0.1, 0.15) is 5.82 Å². The molecule has 12 heavy (non-hydrogen) atoms. The van der Waals surface area contributed by atoms with Gasteiger partial charge in [-0.15, -0.1) is 0 Å². The second-order valence-electron chi connectivity index (χ2n) is 3.09. The highest BCUT2D eigenvalue weighted by atomic mass is 16.5. The van der Waals surface area contributed by atoms with E-state index in [1.54, 1.807) is 13.3 Å². The van der Waals surface area contributed by atoms with Crippen LogP contribution in [0.2, 0.25) is 0 Å². The normalized spacial score (nSPS) is 19.4. The van der Waals surface area contributed by atoms with Gasteiger partial charge in [0.15, 0.2) is 0 Å². The van der Waals surface area contributed by atoms with E-state index in [1.165, 1.54) is 0 Å². The van der Waals surface area contributed by atoms with Gasteiger partial charge >= 0.3 is 0 Å². The molecule has 0 amide bonds. The highest BCUT2D eigenvalue weighted by molar-refractivity contribution is 4.90. The molecule has 0 saturated carbocycles. The largest absolute Gasteiger partial charge is 0.379 e. The lowest BCUT2D eigenvalue weighted by molar-refractivity contribution is -0.0343. The number of H-pyrrole nitrogens is 1. The molecule has 0 radical (unpaired) electrons. The molecular formula is C8H13N3O. The molecule has 1 aromatic rings. The second kappa shape index (κ2) is 3.25. The van der Waals surface area contributed by atoms with Crippen LogP contribution < -0.4 is 0 Å². The molecule has 0 spiro atoms. The molecule has 2 rings (SSSR count). The summed E-state index contributed by atoms with van der Waals surface area (Å²) in [4.78, 5) is 9.53. The van der Waals surface area contributed by atoms with Crippen LogP contribution in [-0.2, 0) is 11.3 Å². The van der Waals surface area contributed by atoms with E-state index in [9.17, 15) is 0 Å². The third-order valence-corrected chi connectivity index (χ3v) is 2.19. The highest BCUT2D eigenvalue weighted by Crippen LogP contribution is 2.12. The summed E-state index contributed by atoms with van der Waals surface area (Å²) < 4.78 is 5.16. The number of methoxy groups -OCH3 is 1. The van der Waals surface area contributed by atoms with Crippen LogP contribution in [0.5, 0.6) is 0 Å². The van der Waals surface area contributed by atoms with Gasteiger partial charge in [-0.2, -0.15) is 0 Å². The number of aromatic nitrogens is 2. The number of nitrogens with one attached hydrogen (secondary N) is 1. The number of aromatic amines is 1. The van der Waals surface area contributed by atoms with Crippen molar-refractivity contribution in [3.05, 3.63) is 18.2 Å². The zero-order valence-electron chi connectivity index (χ0n) is 7.16. The van der Waals surface area contributed by atoms with Crippen LogP contribution in [0.25, 0.3) is 0 Å². The van der Waals surface area contributed by atoms with Gasteiger partial charge in [0.25, 0.3) is 0 Å². The van der Waals surface area contributed by atoms with Gasteiger partial charge in [-0.25, -0.2) is 4.98 Å². The van der Waals surface area contributed by atoms with Gasteiger partial charge in [0.05, 0.1) is 12.6 Å². The fourth-order valence-corrected chi connectivity index (χ4v) is 1.40. The molecule has 4 heteroatoms. The SMILES string of the molecule is COC1CN(Cc2ncc[nH]2)C1.